The minimum atomic E-state index is 0.0680. The van der Waals surface area contributed by atoms with Gasteiger partial charge in [-0.2, -0.15) is 4.98 Å². The highest BCUT2D eigenvalue weighted by Gasteiger charge is 2.26. The van der Waals surface area contributed by atoms with Crippen LogP contribution in [0.4, 0.5) is 6.01 Å². The molecule has 122 valence electrons. The van der Waals surface area contributed by atoms with E-state index in [0.717, 1.165) is 16.7 Å². The third-order valence-corrected chi connectivity index (χ3v) is 4.41. The predicted octanol–water partition coefficient (Wildman–Crippen LogP) is 3.33. The lowest BCUT2D eigenvalue weighted by molar-refractivity contribution is -0.131. The maximum absolute atomic E-state index is 12.5. The quantitative estimate of drug-likeness (QED) is 0.733. The molecule has 1 amide bonds. The molecule has 0 aliphatic carbocycles. The topological polar surface area (TPSA) is 49.6 Å². The number of hydrogen-bond donors (Lipinski definition) is 0. The lowest BCUT2D eigenvalue weighted by atomic mass is 10.2. The molecule has 2 aromatic carbocycles. The molecule has 0 saturated carbocycles. The molecule has 6 heteroatoms. The van der Waals surface area contributed by atoms with Gasteiger partial charge in [0.1, 0.15) is 12.1 Å². The first-order valence-electron chi connectivity index (χ1n) is 7.82. The van der Waals surface area contributed by atoms with Crippen LogP contribution in [0.5, 0.6) is 0 Å². The zero-order chi connectivity index (χ0) is 16.5. The fraction of sp³-hybridized carbons (Fsp3) is 0.222. The Kier molecular flexibility index (Phi) is 3.86. The first-order valence-corrected chi connectivity index (χ1v) is 8.19. The smallest absolute Gasteiger partial charge is 0.298 e. The number of para-hydroxylation sites is 2. The van der Waals surface area contributed by atoms with E-state index in [2.05, 4.69) is 4.98 Å². The summed E-state index contributed by atoms with van der Waals surface area (Å²) in [6.45, 7) is 2.21. The minimum Gasteiger partial charge on any atom is -0.423 e. The molecular formula is C18H16ClN3O2. The van der Waals surface area contributed by atoms with Crippen molar-refractivity contribution in [1.82, 2.24) is 9.88 Å². The number of fused-ring (bicyclic) bond motifs is 1. The second kappa shape index (κ2) is 6.17. The third-order valence-electron chi connectivity index (χ3n) is 4.16. The Bertz CT molecular complexity index is 842. The average Bonchev–Trinajstić information content (AvgIpc) is 3.03. The molecule has 3 aromatic rings. The van der Waals surface area contributed by atoms with Crippen LogP contribution in [-0.2, 0) is 11.3 Å². The highest BCUT2D eigenvalue weighted by atomic mass is 35.5. The van der Waals surface area contributed by atoms with E-state index in [1.807, 2.05) is 58.3 Å². The summed E-state index contributed by atoms with van der Waals surface area (Å²) >= 11 is 5.90. The van der Waals surface area contributed by atoms with Gasteiger partial charge in [-0.05, 0) is 29.8 Å². The number of piperazine rings is 1. The van der Waals surface area contributed by atoms with Crippen molar-refractivity contribution in [3.05, 3.63) is 59.1 Å². The van der Waals surface area contributed by atoms with Crippen molar-refractivity contribution in [2.24, 2.45) is 0 Å². The molecule has 0 unspecified atom stereocenters. The van der Waals surface area contributed by atoms with Gasteiger partial charge in [0.15, 0.2) is 5.58 Å². The number of carbonyl (C=O) groups excluding carboxylic acids is 1. The molecule has 1 fully saturated rings. The van der Waals surface area contributed by atoms with Crippen LogP contribution in [0.15, 0.2) is 52.9 Å². The first-order chi connectivity index (χ1) is 11.7. The van der Waals surface area contributed by atoms with E-state index in [9.17, 15) is 4.79 Å². The van der Waals surface area contributed by atoms with Gasteiger partial charge in [0.2, 0.25) is 5.91 Å². The molecule has 1 saturated heterocycles. The highest BCUT2D eigenvalue weighted by Crippen LogP contribution is 2.23. The van der Waals surface area contributed by atoms with Crippen LogP contribution < -0.4 is 4.90 Å². The van der Waals surface area contributed by atoms with Crippen LogP contribution in [0.1, 0.15) is 5.56 Å². The molecule has 24 heavy (non-hydrogen) atoms. The van der Waals surface area contributed by atoms with Gasteiger partial charge in [0.05, 0.1) is 0 Å². The standard InChI is InChI=1S/C18H16ClN3O2/c19-14-7-5-13(6-8-14)11-21-9-10-22(12-17(21)23)18-20-15-3-1-2-4-16(15)24-18/h1-8H,9-12H2. The summed E-state index contributed by atoms with van der Waals surface area (Å²) in [5.74, 6) is 0.0680. The Labute approximate surface area is 144 Å². The van der Waals surface area contributed by atoms with Crippen molar-refractivity contribution in [2.75, 3.05) is 24.5 Å². The van der Waals surface area contributed by atoms with Crippen molar-refractivity contribution >= 4 is 34.6 Å². The van der Waals surface area contributed by atoms with Gasteiger partial charge in [-0.25, -0.2) is 0 Å². The summed E-state index contributed by atoms with van der Waals surface area (Å²) in [7, 11) is 0. The van der Waals surface area contributed by atoms with Gasteiger partial charge in [-0.1, -0.05) is 35.9 Å². The first kappa shape index (κ1) is 15.0. The van der Waals surface area contributed by atoms with E-state index >= 15 is 0 Å². The largest absolute Gasteiger partial charge is 0.423 e. The normalized spacial score (nSPS) is 15.3. The molecule has 1 aromatic heterocycles. The number of halogens is 1. The number of amides is 1. The van der Waals surface area contributed by atoms with Gasteiger partial charge in [-0.3, -0.25) is 4.79 Å². The zero-order valence-electron chi connectivity index (χ0n) is 13.0. The number of rotatable bonds is 3. The lowest BCUT2D eigenvalue weighted by Crippen LogP contribution is -2.50. The van der Waals surface area contributed by atoms with E-state index in [1.165, 1.54) is 0 Å². The summed E-state index contributed by atoms with van der Waals surface area (Å²) in [5.41, 5.74) is 2.62. The molecule has 0 N–H and O–H groups in total. The fourth-order valence-corrected chi connectivity index (χ4v) is 2.97. The number of anilines is 1. The Morgan fingerprint density at radius 1 is 1.08 bits per heavy atom. The van der Waals surface area contributed by atoms with Gasteiger partial charge >= 0.3 is 0 Å². The summed E-state index contributed by atoms with van der Waals surface area (Å²) in [6.07, 6.45) is 0. The monoisotopic (exact) mass is 341 g/mol. The molecular weight excluding hydrogens is 326 g/mol. The van der Waals surface area contributed by atoms with E-state index in [0.29, 0.717) is 30.7 Å². The summed E-state index contributed by atoms with van der Waals surface area (Å²) in [4.78, 5) is 20.7. The van der Waals surface area contributed by atoms with E-state index in [4.69, 9.17) is 16.0 Å². The summed E-state index contributed by atoms with van der Waals surface area (Å²) < 4.78 is 5.75. The van der Waals surface area contributed by atoms with Crippen molar-refractivity contribution in [3.63, 3.8) is 0 Å². The predicted molar refractivity (Wildman–Crippen MR) is 93.1 cm³/mol. The van der Waals surface area contributed by atoms with Crippen molar-refractivity contribution < 1.29 is 9.21 Å². The Balaban J connectivity index is 1.46. The van der Waals surface area contributed by atoms with Crippen molar-refractivity contribution in [2.45, 2.75) is 6.54 Å². The van der Waals surface area contributed by atoms with Crippen LogP contribution in [0, 0.1) is 0 Å². The van der Waals surface area contributed by atoms with Gasteiger partial charge < -0.3 is 14.2 Å². The molecule has 1 aliphatic rings. The molecule has 0 bridgehead atoms. The molecule has 5 nitrogen and oxygen atoms in total. The maximum Gasteiger partial charge on any atom is 0.298 e. The SMILES string of the molecule is O=C1CN(c2nc3ccccc3o2)CCN1Cc1ccc(Cl)cc1. The minimum absolute atomic E-state index is 0.0680. The number of benzene rings is 2. The molecule has 0 spiro atoms. The number of aromatic nitrogens is 1. The van der Waals surface area contributed by atoms with Gasteiger partial charge in [0, 0.05) is 24.7 Å². The van der Waals surface area contributed by atoms with Gasteiger partial charge in [0.25, 0.3) is 6.01 Å². The third kappa shape index (κ3) is 2.95. The van der Waals surface area contributed by atoms with Gasteiger partial charge in [-0.15, -0.1) is 0 Å². The number of oxazole rings is 1. The maximum atomic E-state index is 12.5. The van der Waals surface area contributed by atoms with Crippen LogP contribution in [-0.4, -0.2) is 35.4 Å². The Hall–Kier alpha value is -2.53. The molecule has 1 aliphatic heterocycles. The van der Waals surface area contributed by atoms with E-state index in [-0.39, 0.29) is 12.5 Å². The molecule has 2 heterocycles. The number of carbonyl (C=O) groups is 1. The zero-order valence-corrected chi connectivity index (χ0v) is 13.7. The molecule has 0 atom stereocenters. The summed E-state index contributed by atoms with van der Waals surface area (Å²) in [6, 6.07) is 15.7. The van der Waals surface area contributed by atoms with E-state index < -0.39 is 0 Å². The highest BCUT2D eigenvalue weighted by molar-refractivity contribution is 6.30. The van der Waals surface area contributed by atoms with E-state index in [1.54, 1.807) is 0 Å². The second-order valence-electron chi connectivity index (χ2n) is 5.83. The fourth-order valence-electron chi connectivity index (χ4n) is 2.84. The Morgan fingerprint density at radius 2 is 1.88 bits per heavy atom. The molecule has 0 radical (unpaired) electrons. The van der Waals surface area contributed by atoms with Crippen LogP contribution in [0.2, 0.25) is 5.02 Å². The molecule has 4 rings (SSSR count). The van der Waals surface area contributed by atoms with Crippen LogP contribution in [0.3, 0.4) is 0 Å². The van der Waals surface area contributed by atoms with Crippen molar-refractivity contribution in [1.29, 1.82) is 0 Å². The Morgan fingerprint density at radius 3 is 2.62 bits per heavy atom. The van der Waals surface area contributed by atoms with Crippen LogP contribution >= 0.6 is 11.6 Å². The summed E-state index contributed by atoms with van der Waals surface area (Å²) in [5, 5.41) is 0.700. The van der Waals surface area contributed by atoms with Crippen LogP contribution in [0.25, 0.3) is 11.1 Å². The lowest BCUT2D eigenvalue weighted by Gasteiger charge is -2.33. The number of hydrogen-bond acceptors (Lipinski definition) is 4. The van der Waals surface area contributed by atoms with Crippen molar-refractivity contribution in [3.8, 4) is 0 Å². The average molecular weight is 342 g/mol. The second-order valence-corrected chi connectivity index (χ2v) is 6.26. The number of nitrogens with zero attached hydrogens (tertiary/aromatic N) is 3.